The Kier molecular flexibility index (Phi) is 5.45. The van der Waals surface area contributed by atoms with Crippen LogP contribution in [0.15, 0.2) is 12.3 Å². The minimum absolute atomic E-state index is 0.177. The molecule has 1 heterocycles. The van der Waals surface area contributed by atoms with E-state index in [-0.39, 0.29) is 6.04 Å². The molecule has 0 aliphatic carbocycles. The minimum Gasteiger partial charge on any atom is -0.309 e. The van der Waals surface area contributed by atoms with E-state index in [9.17, 15) is 0 Å². The van der Waals surface area contributed by atoms with Crippen LogP contribution in [0.2, 0.25) is 0 Å². The van der Waals surface area contributed by atoms with E-state index in [0.29, 0.717) is 0 Å². The molecular weight excluding hydrogens is 202 g/mol. The fraction of sp³-hybridized carbons (Fsp3) is 0.727. The number of nitrogens with two attached hydrogens (primary N) is 1. The molecule has 0 aromatic carbocycles. The quantitative estimate of drug-likeness (QED) is 0.531. The molecule has 16 heavy (non-hydrogen) atoms. The van der Waals surface area contributed by atoms with Crippen molar-refractivity contribution in [1.82, 2.24) is 20.1 Å². The lowest BCUT2D eigenvalue weighted by atomic mass is 10.1. The molecule has 0 spiro atoms. The maximum Gasteiger partial charge on any atom is 0.0641 e. The number of aromatic nitrogens is 2. The minimum atomic E-state index is 0.177. The Hall–Kier alpha value is -0.910. The van der Waals surface area contributed by atoms with E-state index < -0.39 is 0 Å². The monoisotopic (exact) mass is 225 g/mol. The van der Waals surface area contributed by atoms with E-state index in [1.807, 2.05) is 16.9 Å². The van der Waals surface area contributed by atoms with Gasteiger partial charge < -0.3 is 4.90 Å². The van der Waals surface area contributed by atoms with Gasteiger partial charge >= 0.3 is 0 Å². The first kappa shape index (κ1) is 13.2. The molecule has 1 atom stereocenters. The van der Waals surface area contributed by atoms with Crippen LogP contribution in [-0.4, -0.2) is 35.3 Å². The molecule has 0 saturated heterocycles. The highest BCUT2D eigenvalue weighted by atomic mass is 15.3. The highest BCUT2D eigenvalue weighted by Crippen LogP contribution is 2.15. The summed E-state index contributed by atoms with van der Waals surface area (Å²) in [5, 5.41) is 4.31. The van der Waals surface area contributed by atoms with E-state index in [0.717, 1.165) is 25.9 Å². The molecule has 5 nitrogen and oxygen atoms in total. The summed E-state index contributed by atoms with van der Waals surface area (Å²) < 4.78 is 2.03. The summed E-state index contributed by atoms with van der Waals surface area (Å²) >= 11 is 0. The van der Waals surface area contributed by atoms with Crippen molar-refractivity contribution in [3.63, 3.8) is 0 Å². The number of nitrogens with one attached hydrogen (secondary N) is 1. The Morgan fingerprint density at radius 1 is 1.56 bits per heavy atom. The maximum absolute atomic E-state index is 5.61. The van der Waals surface area contributed by atoms with Gasteiger partial charge in [-0.05, 0) is 39.5 Å². The first-order chi connectivity index (χ1) is 7.69. The van der Waals surface area contributed by atoms with Crippen molar-refractivity contribution in [2.75, 3.05) is 20.6 Å². The molecule has 0 saturated carbocycles. The fourth-order valence-electron chi connectivity index (χ4n) is 1.74. The second-order valence-corrected chi connectivity index (χ2v) is 4.29. The van der Waals surface area contributed by atoms with Crippen LogP contribution in [0.1, 0.15) is 31.5 Å². The average Bonchev–Trinajstić information content (AvgIpc) is 2.68. The highest BCUT2D eigenvalue weighted by molar-refractivity contribution is 5.06. The zero-order valence-electron chi connectivity index (χ0n) is 10.5. The summed E-state index contributed by atoms with van der Waals surface area (Å²) in [6.45, 7) is 4.10. The smallest absolute Gasteiger partial charge is 0.0641 e. The molecule has 1 unspecified atom stereocenters. The van der Waals surface area contributed by atoms with Gasteiger partial charge in [0.25, 0.3) is 0 Å². The molecule has 0 aliphatic heterocycles. The molecule has 3 N–H and O–H groups in total. The molecule has 92 valence electrons. The van der Waals surface area contributed by atoms with Crippen LogP contribution >= 0.6 is 0 Å². The zero-order chi connectivity index (χ0) is 12.0. The first-order valence-electron chi connectivity index (χ1n) is 5.81. The van der Waals surface area contributed by atoms with Gasteiger partial charge in [-0.25, -0.2) is 0 Å². The normalized spacial score (nSPS) is 13.3. The Balaban J connectivity index is 2.66. The largest absolute Gasteiger partial charge is 0.309 e. The summed E-state index contributed by atoms with van der Waals surface area (Å²) in [7, 11) is 4.13. The lowest BCUT2D eigenvalue weighted by Gasteiger charge is -2.19. The third-order valence-electron chi connectivity index (χ3n) is 2.61. The average molecular weight is 225 g/mol. The molecular formula is C11H23N5. The van der Waals surface area contributed by atoms with E-state index in [2.05, 4.69) is 36.4 Å². The summed E-state index contributed by atoms with van der Waals surface area (Å²) in [4.78, 5) is 2.16. The fourth-order valence-corrected chi connectivity index (χ4v) is 1.74. The van der Waals surface area contributed by atoms with Crippen LogP contribution in [0.4, 0.5) is 0 Å². The van der Waals surface area contributed by atoms with Crippen molar-refractivity contribution in [2.24, 2.45) is 5.84 Å². The Labute approximate surface area is 97.6 Å². The summed E-state index contributed by atoms with van der Waals surface area (Å²) in [6, 6.07) is 2.21. The molecule has 1 rings (SSSR count). The molecule has 0 aliphatic rings. The van der Waals surface area contributed by atoms with E-state index in [1.165, 1.54) is 5.69 Å². The first-order valence-corrected chi connectivity index (χ1v) is 5.81. The maximum atomic E-state index is 5.61. The van der Waals surface area contributed by atoms with Gasteiger partial charge in [-0.3, -0.25) is 16.0 Å². The molecule has 0 bridgehead atoms. The summed E-state index contributed by atoms with van der Waals surface area (Å²) in [5.41, 5.74) is 4.04. The Morgan fingerprint density at radius 3 is 2.88 bits per heavy atom. The van der Waals surface area contributed by atoms with Crippen LogP contribution in [0.25, 0.3) is 0 Å². The lowest BCUT2D eigenvalue weighted by Crippen LogP contribution is -2.32. The van der Waals surface area contributed by atoms with Crippen molar-refractivity contribution in [3.8, 4) is 0 Å². The highest BCUT2D eigenvalue weighted by Gasteiger charge is 2.14. The zero-order valence-corrected chi connectivity index (χ0v) is 10.5. The Bertz CT molecular complexity index is 294. The molecule has 1 aromatic heterocycles. The van der Waals surface area contributed by atoms with Gasteiger partial charge in [0.05, 0.1) is 11.7 Å². The van der Waals surface area contributed by atoms with Crippen molar-refractivity contribution in [2.45, 2.75) is 32.4 Å². The van der Waals surface area contributed by atoms with E-state index in [1.54, 1.807) is 0 Å². The van der Waals surface area contributed by atoms with Gasteiger partial charge in [0.1, 0.15) is 0 Å². The third-order valence-corrected chi connectivity index (χ3v) is 2.61. The number of hydrazine groups is 1. The number of hydrogen-bond donors (Lipinski definition) is 2. The lowest BCUT2D eigenvalue weighted by molar-refractivity contribution is 0.352. The van der Waals surface area contributed by atoms with Gasteiger partial charge in [0.2, 0.25) is 0 Å². The van der Waals surface area contributed by atoms with E-state index >= 15 is 0 Å². The van der Waals surface area contributed by atoms with Crippen LogP contribution in [0.5, 0.6) is 0 Å². The molecule has 5 heteroatoms. The van der Waals surface area contributed by atoms with Crippen molar-refractivity contribution >= 4 is 0 Å². The van der Waals surface area contributed by atoms with Crippen LogP contribution < -0.4 is 11.3 Å². The number of rotatable bonds is 7. The van der Waals surface area contributed by atoms with E-state index in [4.69, 9.17) is 5.84 Å². The van der Waals surface area contributed by atoms with Crippen LogP contribution in [0, 0.1) is 0 Å². The topological polar surface area (TPSA) is 59.1 Å². The molecule has 0 radical (unpaired) electrons. The standard InChI is InChI=1S/C11H23N5/c1-4-8-16-11(5-7-13-16)10(14-12)6-9-15(2)3/h5,7,10,14H,4,6,8-9,12H2,1-3H3. The number of hydrogen-bond acceptors (Lipinski definition) is 4. The SMILES string of the molecule is CCCn1nccc1C(CCN(C)C)NN. The van der Waals surface area contributed by atoms with Gasteiger partial charge in [-0.2, -0.15) is 5.10 Å². The predicted molar refractivity (Wildman–Crippen MR) is 65.8 cm³/mol. The van der Waals surface area contributed by atoms with Crippen molar-refractivity contribution < 1.29 is 0 Å². The molecule has 0 amide bonds. The van der Waals surface area contributed by atoms with Crippen LogP contribution in [-0.2, 0) is 6.54 Å². The van der Waals surface area contributed by atoms with Gasteiger partial charge in [0, 0.05) is 12.7 Å². The summed E-state index contributed by atoms with van der Waals surface area (Å²) in [5.74, 6) is 5.61. The second kappa shape index (κ2) is 6.62. The third kappa shape index (κ3) is 3.59. The van der Waals surface area contributed by atoms with Crippen LogP contribution in [0.3, 0.4) is 0 Å². The van der Waals surface area contributed by atoms with Crippen molar-refractivity contribution in [3.05, 3.63) is 18.0 Å². The number of nitrogens with zero attached hydrogens (tertiary/aromatic N) is 3. The van der Waals surface area contributed by atoms with Gasteiger partial charge in [-0.15, -0.1) is 0 Å². The summed E-state index contributed by atoms with van der Waals surface area (Å²) in [6.07, 6.45) is 3.91. The molecule has 1 aromatic rings. The predicted octanol–water partition coefficient (Wildman–Crippen LogP) is 0.749. The van der Waals surface area contributed by atoms with Gasteiger partial charge in [-0.1, -0.05) is 6.92 Å². The number of aryl methyl sites for hydroxylation is 1. The van der Waals surface area contributed by atoms with Crippen molar-refractivity contribution in [1.29, 1.82) is 0 Å². The second-order valence-electron chi connectivity index (χ2n) is 4.29. The Morgan fingerprint density at radius 2 is 2.31 bits per heavy atom. The van der Waals surface area contributed by atoms with Gasteiger partial charge in [0.15, 0.2) is 0 Å². The molecule has 0 fully saturated rings.